The van der Waals surface area contributed by atoms with Gasteiger partial charge in [-0.2, -0.15) is 0 Å². The van der Waals surface area contributed by atoms with Crippen LogP contribution in [0.3, 0.4) is 0 Å². The molecule has 0 spiro atoms. The largest absolute Gasteiger partial charge is 0.299 e. The minimum atomic E-state index is 0.338. The van der Waals surface area contributed by atoms with Gasteiger partial charge in [-0.1, -0.05) is 71.4 Å². The Hall–Kier alpha value is -0.590. The number of ketones is 1. The van der Waals surface area contributed by atoms with Crippen LogP contribution in [-0.4, -0.2) is 5.78 Å². The molecule has 1 aliphatic carbocycles. The molecule has 0 aromatic rings. The van der Waals surface area contributed by atoms with Crippen LogP contribution in [0.4, 0.5) is 0 Å². The number of Topliss-reactive ketones (excluding diaryl/α,β-unsaturated/α-hetero) is 1. The molecule has 0 heterocycles. The third kappa shape index (κ3) is 7.29. The van der Waals surface area contributed by atoms with Crippen molar-refractivity contribution in [3.63, 3.8) is 0 Å². The van der Waals surface area contributed by atoms with E-state index in [0.29, 0.717) is 17.6 Å². The highest BCUT2D eigenvalue weighted by Gasteiger charge is 2.31. The first-order valence-corrected chi connectivity index (χ1v) is 9.38. The lowest BCUT2D eigenvalue weighted by Crippen LogP contribution is -2.13. The van der Waals surface area contributed by atoms with Crippen LogP contribution in [0.5, 0.6) is 0 Å². The third-order valence-electron chi connectivity index (χ3n) is 5.03. The average molecular weight is 293 g/mol. The molecule has 0 aromatic heterocycles. The second-order valence-electron chi connectivity index (χ2n) is 7.02. The van der Waals surface area contributed by atoms with Crippen LogP contribution in [0, 0.1) is 17.8 Å². The van der Waals surface area contributed by atoms with E-state index in [-0.39, 0.29) is 0 Å². The summed E-state index contributed by atoms with van der Waals surface area (Å²) >= 11 is 0. The average Bonchev–Trinajstić information content (AvgIpc) is 2.82. The summed E-state index contributed by atoms with van der Waals surface area (Å²) in [4.78, 5) is 12.0. The van der Waals surface area contributed by atoms with E-state index in [9.17, 15) is 4.79 Å². The number of allylic oxidation sites excluding steroid dienone is 2. The van der Waals surface area contributed by atoms with Crippen LogP contribution in [0.1, 0.15) is 91.4 Å². The van der Waals surface area contributed by atoms with E-state index in [1.807, 2.05) is 0 Å². The van der Waals surface area contributed by atoms with Gasteiger partial charge in [0.25, 0.3) is 0 Å². The lowest BCUT2D eigenvalue weighted by Gasteiger charge is -2.15. The van der Waals surface area contributed by atoms with Crippen LogP contribution in [0.25, 0.3) is 0 Å². The zero-order chi connectivity index (χ0) is 15.5. The van der Waals surface area contributed by atoms with Crippen LogP contribution >= 0.6 is 0 Å². The second-order valence-corrected chi connectivity index (χ2v) is 7.02. The molecule has 0 aliphatic heterocycles. The number of carbonyl (C=O) groups is 1. The lowest BCUT2D eigenvalue weighted by molar-refractivity contribution is -0.121. The van der Waals surface area contributed by atoms with Crippen molar-refractivity contribution in [3.8, 4) is 0 Å². The third-order valence-corrected chi connectivity index (χ3v) is 5.03. The minimum Gasteiger partial charge on any atom is -0.299 e. The molecule has 0 aromatic carbocycles. The van der Waals surface area contributed by atoms with Crippen molar-refractivity contribution in [3.05, 3.63) is 12.2 Å². The number of unbranched alkanes of at least 4 members (excludes halogenated alkanes) is 3. The molecule has 1 fully saturated rings. The van der Waals surface area contributed by atoms with E-state index in [1.165, 1.54) is 51.4 Å². The predicted octanol–water partition coefficient (Wildman–Crippen LogP) is 6.32. The van der Waals surface area contributed by atoms with Gasteiger partial charge in [0.1, 0.15) is 5.78 Å². The van der Waals surface area contributed by atoms with Gasteiger partial charge >= 0.3 is 0 Å². The fourth-order valence-corrected chi connectivity index (χ4v) is 3.50. The molecule has 122 valence electrons. The molecule has 0 bridgehead atoms. The molecular weight excluding hydrogens is 256 g/mol. The Morgan fingerprint density at radius 3 is 2.62 bits per heavy atom. The highest BCUT2D eigenvalue weighted by atomic mass is 16.1. The molecule has 21 heavy (non-hydrogen) atoms. The van der Waals surface area contributed by atoms with Crippen molar-refractivity contribution in [2.24, 2.45) is 17.8 Å². The first-order chi connectivity index (χ1) is 10.2. The van der Waals surface area contributed by atoms with Crippen LogP contribution in [-0.2, 0) is 4.79 Å². The first-order valence-electron chi connectivity index (χ1n) is 9.38. The molecule has 1 unspecified atom stereocenters. The Kier molecular flexibility index (Phi) is 9.70. The molecule has 0 amide bonds. The van der Waals surface area contributed by atoms with E-state index in [4.69, 9.17) is 0 Å². The summed E-state index contributed by atoms with van der Waals surface area (Å²) in [6.45, 7) is 6.87. The summed E-state index contributed by atoms with van der Waals surface area (Å²) in [7, 11) is 0. The van der Waals surface area contributed by atoms with Crippen molar-refractivity contribution in [2.45, 2.75) is 91.4 Å². The number of hydrogen-bond acceptors (Lipinski definition) is 1. The maximum absolute atomic E-state index is 12.0. The van der Waals surface area contributed by atoms with Crippen molar-refractivity contribution >= 4 is 5.78 Å². The second kappa shape index (κ2) is 11.0. The van der Waals surface area contributed by atoms with Gasteiger partial charge in [-0.05, 0) is 37.5 Å². The quantitative estimate of drug-likeness (QED) is 0.321. The van der Waals surface area contributed by atoms with Gasteiger partial charge in [-0.15, -0.1) is 0 Å². The molecule has 3 atom stereocenters. The van der Waals surface area contributed by atoms with E-state index in [1.54, 1.807) is 0 Å². The van der Waals surface area contributed by atoms with Crippen LogP contribution in [0.2, 0.25) is 0 Å². The highest BCUT2D eigenvalue weighted by Crippen LogP contribution is 2.33. The van der Waals surface area contributed by atoms with E-state index < -0.39 is 0 Å². The number of carbonyl (C=O) groups excluding carboxylic acids is 1. The van der Waals surface area contributed by atoms with Crippen LogP contribution in [0.15, 0.2) is 12.2 Å². The van der Waals surface area contributed by atoms with Crippen molar-refractivity contribution in [2.75, 3.05) is 0 Å². The maximum atomic E-state index is 12.0. The van der Waals surface area contributed by atoms with Crippen LogP contribution < -0.4 is 0 Å². The number of hydrogen-bond donors (Lipinski definition) is 0. The summed E-state index contributed by atoms with van der Waals surface area (Å²) in [5.74, 6) is 2.25. The number of rotatable bonds is 11. The molecular formula is C20H36O. The molecule has 1 nitrogen and oxygen atoms in total. The van der Waals surface area contributed by atoms with Crippen molar-refractivity contribution in [1.29, 1.82) is 0 Å². The standard InChI is InChI=1S/C20H36O/c1-4-6-8-14-19-18(15-16-20(19)21)13-10-9-12-17(3)11-7-5-2/h10,13,17-19H,4-9,11-12,14-16H2,1-3H3/b13-10+/t17-,18?,19+/m0/s1. The molecule has 0 saturated heterocycles. The normalized spacial score (nSPS) is 24.0. The van der Waals surface area contributed by atoms with Crippen molar-refractivity contribution in [1.82, 2.24) is 0 Å². The Labute approximate surface area is 132 Å². The SMILES string of the molecule is CCCCC[C@H]1C(=O)CCC1/C=C/CC[C@@H](C)CCCC. The van der Waals surface area contributed by atoms with Gasteiger partial charge in [-0.3, -0.25) is 4.79 Å². The smallest absolute Gasteiger partial charge is 0.136 e. The highest BCUT2D eigenvalue weighted by molar-refractivity contribution is 5.83. The molecule has 0 radical (unpaired) electrons. The van der Waals surface area contributed by atoms with Gasteiger partial charge < -0.3 is 0 Å². The molecule has 1 heteroatoms. The molecule has 1 saturated carbocycles. The fraction of sp³-hybridized carbons (Fsp3) is 0.850. The van der Waals surface area contributed by atoms with E-state index in [0.717, 1.165) is 25.2 Å². The zero-order valence-corrected chi connectivity index (χ0v) is 14.6. The molecule has 1 rings (SSSR count). The minimum absolute atomic E-state index is 0.338. The van der Waals surface area contributed by atoms with Gasteiger partial charge in [0, 0.05) is 12.3 Å². The van der Waals surface area contributed by atoms with Gasteiger partial charge in [0.05, 0.1) is 0 Å². The Morgan fingerprint density at radius 1 is 1.14 bits per heavy atom. The Morgan fingerprint density at radius 2 is 1.90 bits per heavy atom. The summed E-state index contributed by atoms with van der Waals surface area (Å²) < 4.78 is 0. The summed E-state index contributed by atoms with van der Waals surface area (Å²) in [5.41, 5.74) is 0. The topological polar surface area (TPSA) is 17.1 Å². The fourth-order valence-electron chi connectivity index (χ4n) is 3.50. The summed E-state index contributed by atoms with van der Waals surface area (Å²) in [5, 5.41) is 0. The maximum Gasteiger partial charge on any atom is 0.136 e. The zero-order valence-electron chi connectivity index (χ0n) is 14.6. The summed E-state index contributed by atoms with van der Waals surface area (Å²) in [6.07, 6.45) is 18.0. The predicted molar refractivity (Wildman–Crippen MR) is 92.4 cm³/mol. The lowest BCUT2D eigenvalue weighted by atomic mass is 9.89. The Balaban J connectivity index is 2.27. The monoisotopic (exact) mass is 292 g/mol. The van der Waals surface area contributed by atoms with E-state index >= 15 is 0 Å². The van der Waals surface area contributed by atoms with Gasteiger partial charge in [0.2, 0.25) is 0 Å². The van der Waals surface area contributed by atoms with Crippen molar-refractivity contribution < 1.29 is 4.79 Å². The first kappa shape index (κ1) is 18.5. The van der Waals surface area contributed by atoms with Gasteiger partial charge in [-0.25, -0.2) is 0 Å². The molecule has 1 aliphatic rings. The Bertz CT molecular complexity index is 305. The summed E-state index contributed by atoms with van der Waals surface area (Å²) in [6, 6.07) is 0. The van der Waals surface area contributed by atoms with E-state index in [2.05, 4.69) is 32.9 Å². The van der Waals surface area contributed by atoms with Gasteiger partial charge in [0.15, 0.2) is 0 Å². The molecule has 0 N–H and O–H groups in total.